The van der Waals surface area contributed by atoms with Crippen molar-refractivity contribution >= 4 is 0 Å². The number of allylic oxidation sites excluding steroid dienone is 1. The van der Waals surface area contributed by atoms with E-state index in [-0.39, 0.29) is 0 Å². The molecule has 1 aliphatic carbocycles. The van der Waals surface area contributed by atoms with E-state index in [0.29, 0.717) is 30.3 Å². The minimum Gasteiger partial charge on any atom is -0.173 e. The summed E-state index contributed by atoms with van der Waals surface area (Å²) in [5.74, 6) is 1.04. The molecule has 1 rings (SSSR count). The molecule has 0 amide bonds. The molecule has 0 radical (unpaired) electrons. The summed E-state index contributed by atoms with van der Waals surface area (Å²) in [6.45, 7) is 4.20. The molecule has 0 unspecified atom stereocenters. The third-order valence-corrected chi connectivity index (χ3v) is 2.54. The largest absolute Gasteiger partial charge is 0.269 e. The quantitative estimate of drug-likeness (QED) is 0.549. The van der Waals surface area contributed by atoms with Crippen LogP contribution in [-0.4, -0.2) is 0 Å². The van der Waals surface area contributed by atoms with Crippen LogP contribution in [0, 0.1) is 11.8 Å². The molecule has 64 valence electrons. The molecule has 2 heteroatoms. The summed E-state index contributed by atoms with van der Waals surface area (Å²) < 4.78 is 24.1. The lowest BCUT2D eigenvalue weighted by molar-refractivity contribution is 0.389. The van der Waals surface area contributed by atoms with Gasteiger partial charge in [0, 0.05) is 0 Å². The van der Waals surface area contributed by atoms with E-state index in [0.717, 1.165) is 6.42 Å². The zero-order chi connectivity index (χ0) is 8.43. The minimum atomic E-state index is -1.44. The zero-order valence-corrected chi connectivity index (χ0v) is 7.03. The molecule has 0 bridgehead atoms. The summed E-state index contributed by atoms with van der Waals surface area (Å²) in [4.78, 5) is 0. The maximum atomic E-state index is 12.1. The molecule has 0 N–H and O–H groups in total. The van der Waals surface area contributed by atoms with Crippen molar-refractivity contribution in [3.8, 4) is 0 Å². The first kappa shape index (κ1) is 8.69. The van der Waals surface area contributed by atoms with E-state index in [2.05, 4.69) is 13.8 Å². The van der Waals surface area contributed by atoms with Crippen molar-refractivity contribution in [2.75, 3.05) is 0 Å². The van der Waals surface area contributed by atoms with Crippen molar-refractivity contribution in [3.63, 3.8) is 0 Å². The molecule has 0 aromatic carbocycles. The SMILES string of the molecule is CC(C)[C@@H]1CCC(=C(F)F)C1. The summed E-state index contributed by atoms with van der Waals surface area (Å²) in [6.07, 6.45) is 0.753. The first-order chi connectivity index (χ1) is 5.11. The topological polar surface area (TPSA) is 0 Å². The first-order valence-electron chi connectivity index (χ1n) is 4.14. The molecule has 0 nitrogen and oxygen atoms in total. The Balaban J connectivity index is 2.54. The number of halogens is 2. The van der Waals surface area contributed by atoms with Gasteiger partial charge in [-0.3, -0.25) is 0 Å². The fraction of sp³-hybridized carbons (Fsp3) is 0.778. The normalized spacial score (nSPS) is 24.8. The predicted octanol–water partition coefficient (Wildman–Crippen LogP) is 3.59. The Morgan fingerprint density at radius 2 is 2.09 bits per heavy atom. The first-order valence-corrected chi connectivity index (χ1v) is 4.14. The number of hydrogen-bond acceptors (Lipinski definition) is 0. The fourth-order valence-electron chi connectivity index (χ4n) is 1.62. The summed E-state index contributed by atoms with van der Waals surface area (Å²) >= 11 is 0. The average Bonchev–Trinajstić information content (AvgIpc) is 2.33. The second-order valence-electron chi connectivity index (χ2n) is 3.61. The van der Waals surface area contributed by atoms with Gasteiger partial charge in [0.05, 0.1) is 0 Å². The maximum absolute atomic E-state index is 12.1. The van der Waals surface area contributed by atoms with Gasteiger partial charge in [-0.05, 0) is 36.7 Å². The van der Waals surface area contributed by atoms with E-state index in [1.54, 1.807) is 0 Å². The second-order valence-corrected chi connectivity index (χ2v) is 3.61. The summed E-state index contributed by atoms with van der Waals surface area (Å²) in [5.41, 5.74) is 0.392. The second kappa shape index (κ2) is 3.33. The summed E-state index contributed by atoms with van der Waals surface area (Å²) in [7, 11) is 0. The molecule has 1 atom stereocenters. The van der Waals surface area contributed by atoms with Crippen molar-refractivity contribution < 1.29 is 8.78 Å². The van der Waals surface area contributed by atoms with E-state index < -0.39 is 6.08 Å². The highest BCUT2D eigenvalue weighted by Gasteiger charge is 2.24. The molecule has 0 spiro atoms. The molecule has 1 saturated carbocycles. The zero-order valence-electron chi connectivity index (χ0n) is 7.03. The van der Waals surface area contributed by atoms with E-state index in [1.165, 1.54) is 0 Å². The Morgan fingerprint density at radius 3 is 2.36 bits per heavy atom. The van der Waals surface area contributed by atoms with Gasteiger partial charge in [-0.1, -0.05) is 13.8 Å². The highest BCUT2D eigenvalue weighted by Crippen LogP contribution is 2.37. The van der Waals surface area contributed by atoms with Crippen molar-refractivity contribution in [1.82, 2.24) is 0 Å². The van der Waals surface area contributed by atoms with Crippen LogP contribution in [0.15, 0.2) is 11.7 Å². The Kier molecular flexibility index (Phi) is 2.63. The van der Waals surface area contributed by atoms with E-state index in [1.807, 2.05) is 0 Å². The van der Waals surface area contributed by atoms with Crippen molar-refractivity contribution in [3.05, 3.63) is 11.7 Å². The van der Waals surface area contributed by atoms with Crippen LogP contribution in [0.3, 0.4) is 0 Å². The van der Waals surface area contributed by atoms with Gasteiger partial charge >= 0.3 is 0 Å². The van der Waals surface area contributed by atoms with Crippen LogP contribution >= 0.6 is 0 Å². The number of rotatable bonds is 1. The molecule has 0 heterocycles. The molecule has 1 fully saturated rings. The predicted molar refractivity (Wildman–Crippen MR) is 41.4 cm³/mol. The Labute approximate surface area is 66.3 Å². The Hall–Kier alpha value is -0.400. The summed E-state index contributed by atoms with van der Waals surface area (Å²) in [5, 5.41) is 0. The van der Waals surface area contributed by atoms with Gasteiger partial charge in [0.2, 0.25) is 0 Å². The standard InChI is InChI=1S/C9H14F2/c1-6(2)7-3-4-8(5-7)9(10)11/h6-7H,3-5H2,1-2H3/t7-/m1/s1. The molecule has 0 aromatic rings. The van der Waals surface area contributed by atoms with Gasteiger partial charge in [0.1, 0.15) is 0 Å². The average molecular weight is 160 g/mol. The van der Waals surface area contributed by atoms with Gasteiger partial charge < -0.3 is 0 Å². The Morgan fingerprint density at radius 1 is 1.45 bits per heavy atom. The lowest BCUT2D eigenvalue weighted by atomic mass is 9.94. The third kappa shape index (κ3) is 2.01. The monoisotopic (exact) mass is 160 g/mol. The van der Waals surface area contributed by atoms with Crippen LogP contribution in [0.2, 0.25) is 0 Å². The van der Waals surface area contributed by atoms with Crippen LogP contribution in [0.4, 0.5) is 8.78 Å². The van der Waals surface area contributed by atoms with Gasteiger partial charge in [0.15, 0.2) is 0 Å². The van der Waals surface area contributed by atoms with Crippen molar-refractivity contribution in [2.24, 2.45) is 11.8 Å². The molecular formula is C9H14F2. The van der Waals surface area contributed by atoms with E-state index in [4.69, 9.17) is 0 Å². The van der Waals surface area contributed by atoms with E-state index in [9.17, 15) is 8.78 Å². The lowest BCUT2D eigenvalue weighted by Gasteiger charge is -2.11. The van der Waals surface area contributed by atoms with Crippen LogP contribution < -0.4 is 0 Å². The molecule has 0 aromatic heterocycles. The van der Waals surface area contributed by atoms with Gasteiger partial charge in [-0.15, -0.1) is 0 Å². The lowest BCUT2D eigenvalue weighted by Crippen LogP contribution is -2.02. The smallest absolute Gasteiger partial charge is 0.173 e. The number of hydrogen-bond donors (Lipinski definition) is 0. The van der Waals surface area contributed by atoms with E-state index >= 15 is 0 Å². The molecule has 11 heavy (non-hydrogen) atoms. The fourth-order valence-corrected chi connectivity index (χ4v) is 1.62. The van der Waals surface area contributed by atoms with Gasteiger partial charge in [-0.2, -0.15) is 8.78 Å². The highest BCUT2D eigenvalue weighted by atomic mass is 19.3. The summed E-state index contributed by atoms with van der Waals surface area (Å²) in [6, 6.07) is 0. The minimum absolute atomic E-state index is 0.392. The van der Waals surface area contributed by atoms with Crippen LogP contribution in [0.1, 0.15) is 33.1 Å². The molecule has 0 aliphatic heterocycles. The highest BCUT2D eigenvalue weighted by molar-refractivity contribution is 5.08. The van der Waals surface area contributed by atoms with Gasteiger partial charge in [-0.25, -0.2) is 0 Å². The van der Waals surface area contributed by atoms with Crippen molar-refractivity contribution in [1.29, 1.82) is 0 Å². The van der Waals surface area contributed by atoms with Crippen LogP contribution in [0.5, 0.6) is 0 Å². The maximum Gasteiger partial charge on any atom is 0.269 e. The molecule has 0 saturated heterocycles. The molecule has 1 aliphatic rings. The van der Waals surface area contributed by atoms with Crippen molar-refractivity contribution in [2.45, 2.75) is 33.1 Å². The third-order valence-electron chi connectivity index (χ3n) is 2.54. The Bertz CT molecular complexity index is 166. The van der Waals surface area contributed by atoms with Gasteiger partial charge in [0.25, 0.3) is 6.08 Å². The molecular weight excluding hydrogens is 146 g/mol. The van der Waals surface area contributed by atoms with Crippen LogP contribution in [-0.2, 0) is 0 Å². The van der Waals surface area contributed by atoms with Crippen LogP contribution in [0.25, 0.3) is 0 Å².